The van der Waals surface area contributed by atoms with Crippen molar-refractivity contribution in [3.8, 4) is 5.75 Å². The number of hydrogen-bond acceptors (Lipinski definition) is 2. The molecule has 30 heavy (non-hydrogen) atoms. The summed E-state index contributed by atoms with van der Waals surface area (Å²) in [6.07, 6.45) is 5.52. The van der Waals surface area contributed by atoms with Crippen LogP contribution in [0, 0.1) is 0 Å². The number of anilines is 1. The Morgan fingerprint density at radius 3 is 2.40 bits per heavy atom. The molecule has 4 heteroatoms. The van der Waals surface area contributed by atoms with E-state index in [1.807, 2.05) is 6.92 Å². The maximum Gasteiger partial charge on any atom is 0.209 e. The summed E-state index contributed by atoms with van der Waals surface area (Å²) in [5.74, 6) is 0.942. The zero-order valence-electron chi connectivity index (χ0n) is 19.1. The molecule has 0 spiro atoms. The maximum absolute atomic E-state index is 6.01. The molecule has 3 rings (SSSR count). The number of fused-ring (bicyclic) bond motifs is 1. The minimum atomic E-state index is -0.0166. The van der Waals surface area contributed by atoms with Crippen LogP contribution < -0.4 is 9.64 Å². The highest BCUT2D eigenvalue weighted by atomic mass is 79.9. The molecule has 0 aromatic heterocycles. The van der Waals surface area contributed by atoms with Crippen molar-refractivity contribution in [3.05, 3.63) is 58.1 Å². The molecule has 0 saturated heterocycles. The molecular weight excluding hydrogens is 436 g/mol. The zero-order valence-corrected chi connectivity index (χ0v) is 20.7. The normalized spacial score (nSPS) is 18.2. The van der Waals surface area contributed by atoms with Crippen LogP contribution in [-0.4, -0.2) is 37.0 Å². The lowest BCUT2D eigenvalue weighted by atomic mass is 9.77. The predicted octanol–water partition coefficient (Wildman–Crippen LogP) is 6.80. The second-order valence-corrected chi connectivity index (χ2v) is 8.87. The summed E-state index contributed by atoms with van der Waals surface area (Å²) in [6, 6.07) is 13.1. The molecule has 1 aliphatic heterocycles. The third kappa shape index (κ3) is 4.07. The smallest absolute Gasteiger partial charge is 0.209 e. The monoisotopic (exact) mass is 469 g/mol. The first kappa shape index (κ1) is 22.6. The quantitative estimate of drug-likeness (QED) is 0.394. The fourth-order valence-corrected chi connectivity index (χ4v) is 4.80. The van der Waals surface area contributed by atoms with E-state index in [9.17, 15) is 0 Å². The summed E-state index contributed by atoms with van der Waals surface area (Å²) in [7, 11) is 2.17. The minimum Gasteiger partial charge on any atom is -0.493 e. The van der Waals surface area contributed by atoms with Gasteiger partial charge in [-0.3, -0.25) is 0 Å². The van der Waals surface area contributed by atoms with Gasteiger partial charge in [-0.05, 0) is 64.5 Å². The van der Waals surface area contributed by atoms with Crippen LogP contribution in [-0.2, 0) is 5.41 Å². The predicted molar refractivity (Wildman–Crippen MR) is 133 cm³/mol. The summed E-state index contributed by atoms with van der Waals surface area (Å²) in [5.41, 5.74) is 6.28. The van der Waals surface area contributed by atoms with E-state index in [2.05, 4.69) is 109 Å². The number of hydrogen-bond donors (Lipinski definition) is 0. The number of allylic oxidation sites excluding steroid dienone is 1. The van der Waals surface area contributed by atoms with Gasteiger partial charge < -0.3 is 9.64 Å². The molecule has 1 atom stereocenters. The fraction of sp³-hybridized carbons (Fsp3) is 0.423. The summed E-state index contributed by atoms with van der Waals surface area (Å²) in [4.78, 5) is 2.35. The molecule has 0 bridgehead atoms. The molecule has 0 aliphatic carbocycles. The van der Waals surface area contributed by atoms with Crippen molar-refractivity contribution in [3.63, 3.8) is 0 Å². The lowest BCUT2D eigenvalue weighted by Crippen LogP contribution is -2.29. The van der Waals surface area contributed by atoms with Crippen molar-refractivity contribution < 1.29 is 9.31 Å². The van der Waals surface area contributed by atoms with Crippen molar-refractivity contribution in [1.82, 2.24) is 0 Å². The summed E-state index contributed by atoms with van der Waals surface area (Å²) >= 11 is 3.65. The van der Waals surface area contributed by atoms with Crippen LogP contribution in [0.3, 0.4) is 0 Å². The second-order valence-electron chi connectivity index (χ2n) is 7.95. The SMILES string of the molecule is CCOc1cc(N(CC)CC)ccc1/C=C/C1=[N+](C)c2ccc(Br)cc2C1(C)CC. The van der Waals surface area contributed by atoms with Gasteiger partial charge in [0, 0.05) is 52.6 Å². The third-order valence-corrected chi connectivity index (χ3v) is 6.89. The van der Waals surface area contributed by atoms with Gasteiger partial charge in [-0.1, -0.05) is 22.9 Å². The minimum absolute atomic E-state index is 0.0166. The maximum atomic E-state index is 6.01. The van der Waals surface area contributed by atoms with Crippen molar-refractivity contribution in [2.24, 2.45) is 0 Å². The van der Waals surface area contributed by atoms with Gasteiger partial charge in [-0.25, -0.2) is 0 Å². The first-order valence-corrected chi connectivity index (χ1v) is 11.8. The highest BCUT2D eigenvalue weighted by molar-refractivity contribution is 9.10. The lowest BCUT2D eigenvalue weighted by Gasteiger charge is -2.22. The van der Waals surface area contributed by atoms with Gasteiger partial charge in [-0.2, -0.15) is 4.58 Å². The molecule has 3 nitrogen and oxygen atoms in total. The molecule has 1 aliphatic rings. The van der Waals surface area contributed by atoms with Gasteiger partial charge in [0.25, 0.3) is 0 Å². The molecule has 2 aromatic rings. The molecule has 0 fully saturated rings. The van der Waals surface area contributed by atoms with E-state index in [4.69, 9.17) is 4.74 Å². The molecule has 1 unspecified atom stereocenters. The Bertz CT molecular complexity index is 975. The molecular formula is C26H34BrN2O+. The number of rotatable bonds is 8. The Hall–Kier alpha value is -2.07. The summed E-state index contributed by atoms with van der Waals surface area (Å²) < 4.78 is 9.46. The molecule has 2 aromatic carbocycles. The first-order valence-electron chi connectivity index (χ1n) is 11.0. The highest BCUT2D eigenvalue weighted by Gasteiger charge is 2.45. The number of halogens is 1. The van der Waals surface area contributed by atoms with Crippen LogP contribution in [0.1, 0.15) is 52.2 Å². The topological polar surface area (TPSA) is 15.5 Å². The lowest BCUT2D eigenvalue weighted by molar-refractivity contribution is -0.401. The van der Waals surface area contributed by atoms with Gasteiger partial charge >= 0.3 is 0 Å². The Balaban J connectivity index is 2.01. The fourth-order valence-electron chi connectivity index (χ4n) is 4.44. The summed E-state index contributed by atoms with van der Waals surface area (Å²) in [6.45, 7) is 13.7. The van der Waals surface area contributed by atoms with E-state index in [0.29, 0.717) is 6.61 Å². The average Bonchev–Trinajstić information content (AvgIpc) is 2.95. The Morgan fingerprint density at radius 2 is 1.77 bits per heavy atom. The van der Waals surface area contributed by atoms with Crippen LogP contribution in [0.15, 0.2) is 46.9 Å². The molecule has 0 saturated carbocycles. The Morgan fingerprint density at radius 1 is 1.03 bits per heavy atom. The zero-order chi connectivity index (χ0) is 21.9. The largest absolute Gasteiger partial charge is 0.493 e. The third-order valence-electron chi connectivity index (χ3n) is 6.39. The van der Waals surface area contributed by atoms with Gasteiger partial charge in [0.2, 0.25) is 5.69 Å². The van der Waals surface area contributed by atoms with Crippen molar-refractivity contribution >= 4 is 39.1 Å². The van der Waals surface area contributed by atoms with E-state index in [-0.39, 0.29) is 5.41 Å². The number of ether oxygens (including phenoxy) is 1. The molecule has 0 N–H and O–H groups in total. The van der Waals surface area contributed by atoms with Gasteiger partial charge in [-0.15, -0.1) is 0 Å². The second kappa shape index (κ2) is 9.38. The van der Waals surface area contributed by atoms with Crippen LogP contribution in [0.25, 0.3) is 6.08 Å². The number of nitrogens with zero attached hydrogens (tertiary/aromatic N) is 2. The highest BCUT2D eigenvalue weighted by Crippen LogP contribution is 2.43. The van der Waals surface area contributed by atoms with Gasteiger partial charge in [0.15, 0.2) is 5.71 Å². The standard InChI is InChI=1S/C26H34BrN2O/c1-7-26(5)22-17-20(27)13-15-23(22)28(6)25(26)16-12-19-11-14-21(29(8-2)9-3)18-24(19)30-10-4/h11-18H,7-10H2,1-6H3/q+1. The average molecular weight is 470 g/mol. The summed E-state index contributed by atoms with van der Waals surface area (Å²) in [5, 5.41) is 0. The van der Waals surface area contributed by atoms with Gasteiger partial charge in [0.05, 0.1) is 12.0 Å². The Kier molecular flexibility index (Phi) is 7.07. The van der Waals surface area contributed by atoms with Crippen molar-refractivity contribution in [2.75, 3.05) is 31.6 Å². The van der Waals surface area contributed by atoms with E-state index in [0.717, 1.165) is 35.3 Å². The van der Waals surface area contributed by atoms with Gasteiger partial charge in [0.1, 0.15) is 12.8 Å². The Labute approximate surface area is 190 Å². The van der Waals surface area contributed by atoms with Crippen LogP contribution in [0.4, 0.5) is 11.4 Å². The van der Waals surface area contributed by atoms with E-state index in [1.165, 1.54) is 22.6 Å². The van der Waals surface area contributed by atoms with Crippen molar-refractivity contribution in [2.45, 2.75) is 46.5 Å². The van der Waals surface area contributed by atoms with Crippen molar-refractivity contribution in [1.29, 1.82) is 0 Å². The van der Waals surface area contributed by atoms with E-state index < -0.39 is 0 Å². The molecule has 0 radical (unpaired) electrons. The molecule has 160 valence electrons. The van der Waals surface area contributed by atoms with Crippen LogP contribution in [0.2, 0.25) is 0 Å². The van der Waals surface area contributed by atoms with E-state index >= 15 is 0 Å². The first-order chi connectivity index (χ1) is 14.4. The number of benzene rings is 2. The van der Waals surface area contributed by atoms with E-state index in [1.54, 1.807) is 0 Å². The molecule has 0 amide bonds. The van der Waals surface area contributed by atoms with Crippen LogP contribution in [0.5, 0.6) is 5.75 Å². The van der Waals surface area contributed by atoms with Crippen LogP contribution >= 0.6 is 15.9 Å². The molecule has 1 heterocycles.